The highest BCUT2D eigenvalue weighted by atomic mass is 35.5. The second-order valence-corrected chi connectivity index (χ2v) is 7.32. The number of hydrogen-bond donors (Lipinski definition) is 1. The van der Waals surface area contributed by atoms with Gasteiger partial charge in [-0.1, -0.05) is 37.0 Å². The number of rotatable bonds is 4. The average molecular weight is 409 g/mol. The van der Waals surface area contributed by atoms with Crippen molar-refractivity contribution in [2.75, 3.05) is 26.2 Å². The van der Waals surface area contributed by atoms with E-state index in [0.717, 1.165) is 0 Å². The molecule has 2 N–H and O–H groups in total. The van der Waals surface area contributed by atoms with Crippen molar-refractivity contribution >= 4 is 47.4 Å². The molecule has 0 saturated carbocycles. The summed E-state index contributed by atoms with van der Waals surface area (Å²) in [6, 6.07) is 4.35. The van der Waals surface area contributed by atoms with E-state index in [1.807, 2.05) is 13.8 Å². The number of piperazine rings is 1. The lowest BCUT2D eigenvalue weighted by molar-refractivity contribution is -0.134. The molecule has 1 saturated heterocycles. The summed E-state index contributed by atoms with van der Waals surface area (Å²) < 4.78 is 0. The Kier molecular flexibility index (Phi) is 8.48. The van der Waals surface area contributed by atoms with Crippen molar-refractivity contribution in [3.05, 3.63) is 33.8 Å². The van der Waals surface area contributed by atoms with Crippen molar-refractivity contribution in [2.24, 2.45) is 11.7 Å². The van der Waals surface area contributed by atoms with Gasteiger partial charge in [0.15, 0.2) is 0 Å². The molecule has 5 nitrogen and oxygen atoms in total. The number of amides is 2. The Morgan fingerprint density at radius 3 is 2.20 bits per heavy atom. The van der Waals surface area contributed by atoms with E-state index in [0.29, 0.717) is 54.1 Å². The van der Waals surface area contributed by atoms with E-state index in [-0.39, 0.29) is 24.2 Å². The monoisotopic (exact) mass is 407 g/mol. The van der Waals surface area contributed by atoms with Crippen LogP contribution in [0.2, 0.25) is 10.0 Å². The first-order chi connectivity index (χ1) is 11.3. The summed E-state index contributed by atoms with van der Waals surface area (Å²) in [7, 11) is 0. The van der Waals surface area contributed by atoms with Crippen molar-refractivity contribution < 1.29 is 9.59 Å². The number of nitrogens with two attached hydrogens (primary N) is 1. The molecule has 140 valence electrons. The molecule has 0 aliphatic carbocycles. The van der Waals surface area contributed by atoms with Gasteiger partial charge in [-0.15, -0.1) is 12.4 Å². The predicted molar refractivity (Wildman–Crippen MR) is 104 cm³/mol. The minimum atomic E-state index is -0.474. The van der Waals surface area contributed by atoms with Crippen molar-refractivity contribution in [1.82, 2.24) is 9.80 Å². The molecule has 0 aromatic heterocycles. The zero-order valence-corrected chi connectivity index (χ0v) is 16.7. The molecule has 0 bridgehead atoms. The van der Waals surface area contributed by atoms with E-state index in [9.17, 15) is 9.59 Å². The van der Waals surface area contributed by atoms with Gasteiger partial charge >= 0.3 is 0 Å². The molecule has 1 aromatic rings. The number of nitrogens with zero attached hydrogens (tertiary/aromatic N) is 2. The van der Waals surface area contributed by atoms with Crippen molar-refractivity contribution in [1.29, 1.82) is 0 Å². The summed E-state index contributed by atoms with van der Waals surface area (Å²) >= 11 is 12.0. The minimum absolute atomic E-state index is 0. The van der Waals surface area contributed by atoms with Gasteiger partial charge in [-0.25, -0.2) is 0 Å². The van der Waals surface area contributed by atoms with Crippen LogP contribution in [0.1, 0.15) is 30.6 Å². The first kappa shape index (κ1) is 22.0. The number of hydrogen-bond acceptors (Lipinski definition) is 3. The number of carbonyl (C=O) groups excluding carboxylic acids is 2. The molecule has 0 radical (unpaired) electrons. The maximum Gasteiger partial charge on any atom is 0.255 e. The van der Waals surface area contributed by atoms with E-state index in [4.69, 9.17) is 28.9 Å². The molecule has 2 amide bonds. The van der Waals surface area contributed by atoms with Crippen LogP contribution in [0.25, 0.3) is 0 Å². The summed E-state index contributed by atoms with van der Waals surface area (Å²) in [6.45, 7) is 6.00. The fraction of sp³-hybridized carbons (Fsp3) is 0.529. The van der Waals surface area contributed by atoms with Crippen LogP contribution in [0.15, 0.2) is 18.2 Å². The van der Waals surface area contributed by atoms with Crippen LogP contribution in [0.3, 0.4) is 0 Å². The maximum absolute atomic E-state index is 12.6. The highest BCUT2D eigenvalue weighted by Crippen LogP contribution is 2.23. The molecule has 25 heavy (non-hydrogen) atoms. The van der Waals surface area contributed by atoms with Crippen LogP contribution < -0.4 is 5.73 Å². The van der Waals surface area contributed by atoms with Crippen LogP contribution in [0.4, 0.5) is 0 Å². The molecule has 1 aliphatic heterocycles. The fourth-order valence-corrected chi connectivity index (χ4v) is 3.30. The van der Waals surface area contributed by atoms with Crippen LogP contribution in [0.5, 0.6) is 0 Å². The van der Waals surface area contributed by atoms with Crippen LogP contribution in [-0.2, 0) is 4.79 Å². The zero-order valence-electron chi connectivity index (χ0n) is 14.4. The van der Waals surface area contributed by atoms with E-state index in [2.05, 4.69) is 0 Å². The van der Waals surface area contributed by atoms with Gasteiger partial charge in [0.2, 0.25) is 5.91 Å². The average Bonchev–Trinajstić information content (AvgIpc) is 2.53. The third kappa shape index (κ3) is 5.74. The Morgan fingerprint density at radius 2 is 1.68 bits per heavy atom. The Balaban J connectivity index is 0.00000312. The first-order valence-corrected chi connectivity index (χ1v) is 8.84. The van der Waals surface area contributed by atoms with Gasteiger partial charge in [0.25, 0.3) is 5.91 Å². The second-order valence-electron chi connectivity index (χ2n) is 6.48. The normalized spacial score (nSPS) is 15.8. The lowest BCUT2D eigenvalue weighted by Gasteiger charge is -2.36. The molecule has 1 atom stereocenters. The predicted octanol–water partition coefficient (Wildman–Crippen LogP) is 3.07. The number of carbonyl (C=O) groups is 2. The van der Waals surface area contributed by atoms with E-state index < -0.39 is 6.04 Å². The maximum atomic E-state index is 12.6. The molecule has 1 heterocycles. The number of benzene rings is 1. The van der Waals surface area contributed by atoms with Gasteiger partial charge in [-0.3, -0.25) is 9.59 Å². The highest BCUT2D eigenvalue weighted by Gasteiger charge is 2.28. The van der Waals surface area contributed by atoms with Gasteiger partial charge in [0, 0.05) is 31.2 Å². The molecule has 8 heteroatoms. The summed E-state index contributed by atoms with van der Waals surface area (Å²) in [4.78, 5) is 28.3. The lowest BCUT2D eigenvalue weighted by atomic mass is 10.0. The third-order valence-corrected chi connectivity index (χ3v) is 4.63. The van der Waals surface area contributed by atoms with Crippen molar-refractivity contribution in [2.45, 2.75) is 26.3 Å². The zero-order chi connectivity index (χ0) is 17.9. The van der Waals surface area contributed by atoms with E-state index in [1.54, 1.807) is 28.0 Å². The topological polar surface area (TPSA) is 66.6 Å². The Morgan fingerprint density at radius 1 is 1.12 bits per heavy atom. The second kappa shape index (κ2) is 9.62. The highest BCUT2D eigenvalue weighted by molar-refractivity contribution is 6.36. The lowest BCUT2D eigenvalue weighted by Crippen LogP contribution is -2.54. The van der Waals surface area contributed by atoms with Gasteiger partial charge in [-0.05, 0) is 30.5 Å². The van der Waals surface area contributed by atoms with E-state index in [1.165, 1.54) is 0 Å². The van der Waals surface area contributed by atoms with Crippen LogP contribution in [0, 0.1) is 5.92 Å². The molecule has 1 aliphatic rings. The summed E-state index contributed by atoms with van der Waals surface area (Å²) in [5.41, 5.74) is 6.39. The SMILES string of the molecule is CC(C)C[C@H](N)C(=O)N1CCN(C(=O)c2ccc(Cl)cc2Cl)CC1.Cl. The molecule has 2 rings (SSSR count). The van der Waals surface area contributed by atoms with Crippen LogP contribution in [-0.4, -0.2) is 53.8 Å². The fourth-order valence-electron chi connectivity index (χ4n) is 2.81. The van der Waals surface area contributed by atoms with Gasteiger partial charge in [-0.2, -0.15) is 0 Å². The molecular weight excluding hydrogens is 385 g/mol. The Bertz CT molecular complexity index is 617. The molecule has 1 aromatic carbocycles. The molecule has 1 fully saturated rings. The molecule has 0 unspecified atom stereocenters. The van der Waals surface area contributed by atoms with Gasteiger partial charge in [0.1, 0.15) is 0 Å². The first-order valence-electron chi connectivity index (χ1n) is 8.08. The molecule has 0 spiro atoms. The summed E-state index contributed by atoms with van der Waals surface area (Å²) in [5.74, 6) is 0.189. The summed E-state index contributed by atoms with van der Waals surface area (Å²) in [6.07, 6.45) is 0.665. The van der Waals surface area contributed by atoms with Crippen molar-refractivity contribution in [3.8, 4) is 0 Å². The smallest absolute Gasteiger partial charge is 0.255 e. The Hall–Kier alpha value is -1.01. The minimum Gasteiger partial charge on any atom is -0.338 e. The van der Waals surface area contributed by atoms with E-state index >= 15 is 0 Å². The van der Waals surface area contributed by atoms with Gasteiger partial charge in [0.05, 0.1) is 16.6 Å². The largest absolute Gasteiger partial charge is 0.338 e. The standard InChI is InChI=1S/C17H23Cl2N3O2.ClH/c1-11(2)9-15(20)17(24)22-7-5-21(6-8-22)16(23)13-4-3-12(18)10-14(13)19;/h3-4,10-11,15H,5-9,20H2,1-2H3;1H/t15-;/m0./s1. The number of halogens is 3. The van der Waals surface area contributed by atoms with Crippen molar-refractivity contribution in [3.63, 3.8) is 0 Å². The Labute approximate surface area is 164 Å². The quantitative estimate of drug-likeness (QED) is 0.832. The molecular formula is C17H24Cl3N3O2. The van der Waals surface area contributed by atoms with Crippen LogP contribution >= 0.6 is 35.6 Å². The third-order valence-electron chi connectivity index (χ3n) is 4.08. The summed E-state index contributed by atoms with van der Waals surface area (Å²) in [5, 5.41) is 0.830. The van der Waals surface area contributed by atoms with Gasteiger partial charge < -0.3 is 15.5 Å².